The van der Waals surface area contributed by atoms with Crippen LogP contribution < -0.4 is 0 Å². The van der Waals surface area contributed by atoms with Gasteiger partial charge in [0.2, 0.25) is 0 Å². The zero-order chi connectivity index (χ0) is 12.3. The molecule has 94 valence electrons. The lowest BCUT2D eigenvalue weighted by atomic mass is 9.94. The number of hydrogen-bond acceptors (Lipinski definition) is 1. The van der Waals surface area contributed by atoms with E-state index in [-0.39, 0.29) is 0 Å². The second-order valence-corrected chi connectivity index (χ2v) is 6.00. The Kier molecular flexibility index (Phi) is 4.22. The molecule has 0 saturated heterocycles. The molecule has 0 aromatic heterocycles. The third kappa shape index (κ3) is 3.69. The van der Waals surface area contributed by atoms with Crippen molar-refractivity contribution in [2.24, 2.45) is 16.3 Å². The van der Waals surface area contributed by atoms with E-state index in [9.17, 15) is 0 Å². The number of aliphatic imine (C=N–C) groups is 1. The van der Waals surface area contributed by atoms with E-state index >= 15 is 0 Å². The van der Waals surface area contributed by atoms with Crippen LogP contribution in [0.2, 0.25) is 0 Å². The number of hydrogen-bond donors (Lipinski definition) is 0. The molecule has 16 heavy (non-hydrogen) atoms. The lowest BCUT2D eigenvalue weighted by molar-refractivity contribution is 0.391. The van der Waals surface area contributed by atoms with Gasteiger partial charge in [0.25, 0.3) is 0 Å². The summed E-state index contributed by atoms with van der Waals surface area (Å²) in [6.07, 6.45) is 4.05. The highest BCUT2D eigenvalue weighted by molar-refractivity contribution is 5.79. The standard InChI is InChI=1S/C13H27N3/c1-11(2)9-13(7-8-13)10-14-12(15(3)4)16(5)6/h11H,7-10H2,1-6H3. The van der Waals surface area contributed by atoms with Crippen LogP contribution in [0.4, 0.5) is 0 Å². The summed E-state index contributed by atoms with van der Waals surface area (Å²) >= 11 is 0. The Morgan fingerprint density at radius 2 is 1.62 bits per heavy atom. The fourth-order valence-corrected chi connectivity index (χ4v) is 2.39. The van der Waals surface area contributed by atoms with Gasteiger partial charge in [-0.1, -0.05) is 13.8 Å². The van der Waals surface area contributed by atoms with Gasteiger partial charge in [-0.05, 0) is 30.6 Å². The third-order valence-electron chi connectivity index (χ3n) is 3.15. The summed E-state index contributed by atoms with van der Waals surface area (Å²) < 4.78 is 0. The van der Waals surface area contributed by atoms with E-state index in [0.717, 1.165) is 18.4 Å². The molecular formula is C13H27N3. The summed E-state index contributed by atoms with van der Waals surface area (Å²) in [6.45, 7) is 5.61. The first-order chi connectivity index (χ1) is 7.36. The normalized spacial score (nSPS) is 17.2. The minimum absolute atomic E-state index is 0.533. The van der Waals surface area contributed by atoms with Gasteiger partial charge in [-0.2, -0.15) is 0 Å². The van der Waals surface area contributed by atoms with E-state index < -0.39 is 0 Å². The summed E-state index contributed by atoms with van der Waals surface area (Å²) in [4.78, 5) is 8.96. The highest BCUT2D eigenvalue weighted by Crippen LogP contribution is 2.50. The van der Waals surface area contributed by atoms with E-state index in [1.165, 1.54) is 19.3 Å². The quantitative estimate of drug-likeness (QED) is 0.540. The van der Waals surface area contributed by atoms with Crippen LogP contribution in [0, 0.1) is 11.3 Å². The van der Waals surface area contributed by atoms with Crippen molar-refractivity contribution in [2.75, 3.05) is 34.7 Å². The van der Waals surface area contributed by atoms with Gasteiger partial charge in [-0.15, -0.1) is 0 Å². The van der Waals surface area contributed by atoms with Crippen molar-refractivity contribution in [1.29, 1.82) is 0 Å². The van der Waals surface area contributed by atoms with Gasteiger partial charge in [0.15, 0.2) is 5.96 Å². The molecule has 0 bridgehead atoms. The zero-order valence-electron chi connectivity index (χ0n) is 11.7. The molecule has 1 aliphatic rings. The molecule has 0 heterocycles. The molecule has 3 nitrogen and oxygen atoms in total. The minimum atomic E-state index is 0.533. The highest BCUT2D eigenvalue weighted by Gasteiger charge is 2.42. The fourth-order valence-electron chi connectivity index (χ4n) is 2.39. The van der Waals surface area contributed by atoms with Crippen LogP contribution in [0.3, 0.4) is 0 Å². The molecule has 0 amide bonds. The van der Waals surface area contributed by atoms with Gasteiger partial charge in [0.05, 0.1) is 0 Å². The van der Waals surface area contributed by atoms with Crippen molar-refractivity contribution in [3.05, 3.63) is 0 Å². The van der Waals surface area contributed by atoms with Crippen LogP contribution in [-0.2, 0) is 0 Å². The van der Waals surface area contributed by atoms with Gasteiger partial charge in [-0.25, -0.2) is 0 Å². The van der Waals surface area contributed by atoms with Crippen molar-refractivity contribution in [3.63, 3.8) is 0 Å². The van der Waals surface area contributed by atoms with Crippen LogP contribution in [0.5, 0.6) is 0 Å². The van der Waals surface area contributed by atoms with Gasteiger partial charge in [0, 0.05) is 34.7 Å². The van der Waals surface area contributed by atoms with Crippen LogP contribution >= 0.6 is 0 Å². The maximum absolute atomic E-state index is 4.78. The SMILES string of the molecule is CC(C)CC1(CN=C(N(C)C)N(C)C)CC1. The Labute approximate surface area is 101 Å². The molecule has 0 aromatic rings. The Hall–Kier alpha value is -0.730. The first kappa shape index (κ1) is 13.3. The summed E-state index contributed by atoms with van der Waals surface area (Å²) in [6, 6.07) is 0. The van der Waals surface area contributed by atoms with E-state index in [1.807, 2.05) is 0 Å². The summed E-state index contributed by atoms with van der Waals surface area (Å²) in [7, 11) is 8.23. The smallest absolute Gasteiger partial charge is 0.195 e. The van der Waals surface area contributed by atoms with Crippen molar-refractivity contribution in [2.45, 2.75) is 33.1 Å². The fraction of sp³-hybridized carbons (Fsp3) is 0.923. The maximum Gasteiger partial charge on any atom is 0.195 e. The molecule has 0 atom stereocenters. The van der Waals surface area contributed by atoms with Crippen LogP contribution in [0.1, 0.15) is 33.1 Å². The summed E-state index contributed by atoms with van der Waals surface area (Å²) in [5.74, 6) is 1.87. The lowest BCUT2D eigenvalue weighted by Gasteiger charge is -2.24. The largest absolute Gasteiger partial charge is 0.349 e. The first-order valence-corrected chi connectivity index (χ1v) is 6.25. The number of guanidine groups is 1. The monoisotopic (exact) mass is 225 g/mol. The van der Waals surface area contributed by atoms with E-state index in [1.54, 1.807) is 0 Å². The second-order valence-electron chi connectivity index (χ2n) is 6.00. The number of rotatable bonds is 4. The van der Waals surface area contributed by atoms with Crippen molar-refractivity contribution in [3.8, 4) is 0 Å². The molecule has 1 saturated carbocycles. The second kappa shape index (κ2) is 5.07. The molecule has 0 radical (unpaired) electrons. The third-order valence-corrected chi connectivity index (χ3v) is 3.15. The van der Waals surface area contributed by atoms with Gasteiger partial charge < -0.3 is 9.80 Å². The summed E-state index contributed by atoms with van der Waals surface area (Å²) in [5.41, 5.74) is 0.533. The van der Waals surface area contributed by atoms with Crippen molar-refractivity contribution >= 4 is 5.96 Å². The molecule has 3 heteroatoms. The Morgan fingerprint density at radius 1 is 1.12 bits per heavy atom. The topological polar surface area (TPSA) is 18.8 Å². The van der Waals surface area contributed by atoms with E-state index in [4.69, 9.17) is 4.99 Å². The Morgan fingerprint density at radius 3 is 1.94 bits per heavy atom. The predicted molar refractivity (Wildman–Crippen MR) is 70.8 cm³/mol. The predicted octanol–water partition coefficient (Wildman–Crippen LogP) is 2.29. The average molecular weight is 225 g/mol. The molecule has 1 aliphatic carbocycles. The minimum Gasteiger partial charge on any atom is -0.349 e. The molecular weight excluding hydrogens is 198 g/mol. The van der Waals surface area contributed by atoms with Crippen LogP contribution in [0.25, 0.3) is 0 Å². The van der Waals surface area contributed by atoms with Crippen LogP contribution in [0.15, 0.2) is 4.99 Å². The van der Waals surface area contributed by atoms with Gasteiger partial charge in [-0.3, -0.25) is 4.99 Å². The van der Waals surface area contributed by atoms with Gasteiger partial charge in [0.1, 0.15) is 0 Å². The van der Waals surface area contributed by atoms with E-state index in [0.29, 0.717) is 5.41 Å². The molecule has 1 rings (SSSR count). The molecule has 0 aliphatic heterocycles. The highest BCUT2D eigenvalue weighted by atomic mass is 15.3. The van der Waals surface area contributed by atoms with Crippen LogP contribution in [-0.4, -0.2) is 50.5 Å². The zero-order valence-corrected chi connectivity index (χ0v) is 11.7. The Balaban J connectivity index is 2.56. The summed E-state index contributed by atoms with van der Waals surface area (Å²) in [5, 5.41) is 0. The number of nitrogens with zero attached hydrogens (tertiary/aromatic N) is 3. The Bertz CT molecular complexity index is 240. The molecule has 0 spiro atoms. The first-order valence-electron chi connectivity index (χ1n) is 6.25. The maximum atomic E-state index is 4.78. The van der Waals surface area contributed by atoms with Gasteiger partial charge >= 0.3 is 0 Å². The lowest BCUT2D eigenvalue weighted by Crippen LogP contribution is -2.36. The molecule has 0 aromatic carbocycles. The molecule has 0 N–H and O–H groups in total. The van der Waals surface area contributed by atoms with Crippen molar-refractivity contribution < 1.29 is 0 Å². The average Bonchev–Trinajstić information content (AvgIpc) is 2.82. The van der Waals surface area contributed by atoms with Crippen molar-refractivity contribution in [1.82, 2.24) is 9.80 Å². The molecule has 1 fully saturated rings. The molecule has 0 unspecified atom stereocenters. The van der Waals surface area contributed by atoms with E-state index in [2.05, 4.69) is 51.8 Å².